The predicted molar refractivity (Wildman–Crippen MR) is 49.4 cm³/mol. The summed E-state index contributed by atoms with van der Waals surface area (Å²) >= 11 is 0. The highest BCUT2D eigenvalue weighted by atomic mass is 35.5. The predicted octanol–water partition coefficient (Wildman–Crippen LogP) is 1.88. The summed E-state index contributed by atoms with van der Waals surface area (Å²) in [6.45, 7) is 0. The van der Waals surface area contributed by atoms with Crippen molar-refractivity contribution in [2.75, 3.05) is 0 Å². The van der Waals surface area contributed by atoms with Crippen molar-refractivity contribution in [2.45, 2.75) is 6.04 Å². The fraction of sp³-hybridized carbons (Fsp3) is 0.111. The first-order valence-electron chi connectivity index (χ1n) is 3.21. The van der Waals surface area contributed by atoms with Gasteiger partial charge in [-0.25, -0.2) is 4.39 Å². The van der Waals surface area contributed by atoms with Crippen LogP contribution in [-0.2, 0) is 0 Å². The van der Waals surface area contributed by atoms with E-state index in [1.54, 1.807) is 12.1 Å². The fourth-order valence-corrected chi connectivity index (χ4v) is 0.766. The largest absolute Gasteiger partial charge is 0.314 e. The second-order valence-corrected chi connectivity index (χ2v) is 2.20. The highest BCUT2D eigenvalue weighted by Crippen LogP contribution is 2.09. The molecular formula is C9H9ClFN. The molecule has 0 heterocycles. The van der Waals surface area contributed by atoms with E-state index in [2.05, 4.69) is 5.92 Å². The third-order valence-corrected chi connectivity index (χ3v) is 1.41. The molecular weight excluding hydrogens is 177 g/mol. The van der Waals surface area contributed by atoms with Crippen LogP contribution in [0.5, 0.6) is 0 Å². The van der Waals surface area contributed by atoms with Crippen molar-refractivity contribution < 1.29 is 4.39 Å². The van der Waals surface area contributed by atoms with Gasteiger partial charge in [0.05, 0.1) is 6.04 Å². The minimum atomic E-state index is -0.435. The molecule has 1 atom stereocenters. The molecule has 1 aromatic rings. The Hall–Kier alpha value is -1.04. The number of rotatable bonds is 1. The summed E-state index contributed by atoms with van der Waals surface area (Å²) < 4.78 is 12.4. The lowest BCUT2D eigenvalue weighted by Crippen LogP contribution is -2.06. The molecule has 2 N–H and O–H groups in total. The van der Waals surface area contributed by atoms with Gasteiger partial charge in [-0.3, -0.25) is 0 Å². The SMILES string of the molecule is C#CC(N)c1ccc(F)cc1.Cl. The van der Waals surface area contributed by atoms with Crippen LogP contribution in [-0.4, -0.2) is 0 Å². The zero-order chi connectivity index (χ0) is 8.27. The molecule has 0 amide bonds. The lowest BCUT2D eigenvalue weighted by atomic mass is 10.1. The molecule has 3 heteroatoms. The van der Waals surface area contributed by atoms with Gasteiger partial charge in [0.25, 0.3) is 0 Å². The number of halogens is 2. The highest BCUT2D eigenvalue weighted by Gasteiger charge is 1.99. The number of terminal acetylenes is 1. The van der Waals surface area contributed by atoms with Gasteiger partial charge in [-0.05, 0) is 17.7 Å². The van der Waals surface area contributed by atoms with Gasteiger partial charge in [-0.2, -0.15) is 0 Å². The van der Waals surface area contributed by atoms with Crippen molar-refractivity contribution in [1.29, 1.82) is 0 Å². The standard InChI is InChI=1S/C9H8FN.ClH/c1-2-9(11)7-3-5-8(10)6-4-7;/h1,3-6,9H,11H2;1H. The summed E-state index contributed by atoms with van der Waals surface area (Å²) in [6, 6.07) is 5.41. The molecule has 0 spiro atoms. The van der Waals surface area contributed by atoms with Crippen LogP contribution in [0.2, 0.25) is 0 Å². The van der Waals surface area contributed by atoms with E-state index in [1.165, 1.54) is 12.1 Å². The van der Waals surface area contributed by atoms with E-state index in [9.17, 15) is 4.39 Å². The van der Waals surface area contributed by atoms with Gasteiger partial charge in [0, 0.05) is 0 Å². The lowest BCUT2D eigenvalue weighted by Gasteiger charge is -2.02. The molecule has 0 radical (unpaired) electrons. The molecule has 1 unspecified atom stereocenters. The maximum absolute atomic E-state index is 12.4. The first kappa shape index (κ1) is 11.0. The minimum absolute atomic E-state index is 0. The number of nitrogens with two attached hydrogens (primary N) is 1. The summed E-state index contributed by atoms with van der Waals surface area (Å²) in [4.78, 5) is 0. The summed E-state index contributed by atoms with van der Waals surface area (Å²) in [7, 11) is 0. The van der Waals surface area contributed by atoms with Crippen LogP contribution in [0.3, 0.4) is 0 Å². The first-order chi connectivity index (χ1) is 5.24. The van der Waals surface area contributed by atoms with Crippen molar-refractivity contribution in [3.05, 3.63) is 35.6 Å². The van der Waals surface area contributed by atoms with Gasteiger partial charge in [0.15, 0.2) is 0 Å². The average Bonchev–Trinajstić information content (AvgIpc) is 2.05. The van der Waals surface area contributed by atoms with E-state index < -0.39 is 6.04 Å². The third kappa shape index (κ3) is 2.54. The second kappa shape index (κ2) is 4.76. The maximum Gasteiger partial charge on any atom is 0.123 e. The minimum Gasteiger partial charge on any atom is -0.314 e. The molecule has 0 aromatic heterocycles. The first-order valence-corrected chi connectivity index (χ1v) is 3.21. The Morgan fingerprint density at radius 1 is 1.33 bits per heavy atom. The van der Waals surface area contributed by atoms with Gasteiger partial charge in [-0.15, -0.1) is 18.8 Å². The van der Waals surface area contributed by atoms with E-state index in [1.807, 2.05) is 0 Å². The van der Waals surface area contributed by atoms with Gasteiger partial charge >= 0.3 is 0 Å². The van der Waals surface area contributed by atoms with Crippen LogP contribution in [0, 0.1) is 18.2 Å². The van der Waals surface area contributed by atoms with Crippen molar-refractivity contribution in [1.82, 2.24) is 0 Å². The molecule has 1 rings (SSSR count). The zero-order valence-corrected chi connectivity index (χ0v) is 7.14. The lowest BCUT2D eigenvalue weighted by molar-refractivity contribution is 0.626. The maximum atomic E-state index is 12.4. The van der Waals surface area contributed by atoms with E-state index in [4.69, 9.17) is 12.2 Å². The third-order valence-electron chi connectivity index (χ3n) is 1.41. The summed E-state index contributed by atoms with van der Waals surface area (Å²) in [5.74, 6) is 2.08. The Kier molecular flexibility index (Phi) is 4.35. The Labute approximate surface area is 77.2 Å². The second-order valence-electron chi connectivity index (χ2n) is 2.20. The van der Waals surface area contributed by atoms with E-state index in [0.29, 0.717) is 0 Å². The average molecular weight is 186 g/mol. The highest BCUT2D eigenvalue weighted by molar-refractivity contribution is 5.85. The molecule has 0 saturated carbocycles. The molecule has 0 fully saturated rings. The number of hydrogen-bond acceptors (Lipinski definition) is 1. The summed E-state index contributed by atoms with van der Waals surface area (Å²) in [5.41, 5.74) is 6.24. The fourth-order valence-electron chi connectivity index (χ4n) is 0.766. The van der Waals surface area contributed by atoms with Crippen molar-refractivity contribution >= 4 is 12.4 Å². The van der Waals surface area contributed by atoms with Crippen molar-refractivity contribution in [2.24, 2.45) is 5.73 Å². The smallest absolute Gasteiger partial charge is 0.123 e. The molecule has 64 valence electrons. The van der Waals surface area contributed by atoms with Gasteiger partial charge < -0.3 is 5.73 Å². The normalized spacial score (nSPS) is 11.1. The van der Waals surface area contributed by atoms with Gasteiger partial charge in [0.1, 0.15) is 5.82 Å². The van der Waals surface area contributed by atoms with E-state index in [-0.39, 0.29) is 18.2 Å². The van der Waals surface area contributed by atoms with Crippen LogP contribution in [0.1, 0.15) is 11.6 Å². The Morgan fingerprint density at radius 2 is 1.83 bits per heavy atom. The topological polar surface area (TPSA) is 26.0 Å². The van der Waals surface area contributed by atoms with Crippen LogP contribution in [0.15, 0.2) is 24.3 Å². The van der Waals surface area contributed by atoms with E-state index in [0.717, 1.165) is 5.56 Å². The zero-order valence-electron chi connectivity index (χ0n) is 6.33. The molecule has 1 aromatic carbocycles. The Morgan fingerprint density at radius 3 is 2.25 bits per heavy atom. The van der Waals surface area contributed by atoms with Crippen LogP contribution in [0.4, 0.5) is 4.39 Å². The van der Waals surface area contributed by atoms with Crippen molar-refractivity contribution in [3.8, 4) is 12.3 Å². The molecule has 0 saturated heterocycles. The van der Waals surface area contributed by atoms with Crippen LogP contribution >= 0.6 is 12.4 Å². The van der Waals surface area contributed by atoms with Crippen molar-refractivity contribution in [3.63, 3.8) is 0 Å². The molecule has 12 heavy (non-hydrogen) atoms. The Bertz CT molecular complexity index is 276. The van der Waals surface area contributed by atoms with Gasteiger partial charge in [0.2, 0.25) is 0 Å². The van der Waals surface area contributed by atoms with E-state index >= 15 is 0 Å². The molecule has 0 aliphatic carbocycles. The molecule has 0 bridgehead atoms. The molecule has 1 nitrogen and oxygen atoms in total. The Balaban J connectivity index is 0.00000121. The van der Waals surface area contributed by atoms with Gasteiger partial charge in [-0.1, -0.05) is 18.1 Å². The quantitative estimate of drug-likeness (QED) is 0.665. The number of benzene rings is 1. The monoisotopic (exact) mass is 185 g/mol. The number of hydrogen-bond donors (Lipinski definition) is 1. The summed E-state index contributed by atoms with van der Waals surface area (Å²) in [5, 5.41) is 0. The molecule has 0 aliphatic rings. The molecule has 0 aliphatic heterocycles. The van der Waals surface area contributed by atoms with Crippen LogP contribution in [0.25, 0.3) is 0 Å². The summed E-state index contributed by atoms with van der Waals surface area (Å²) in [6.07, 6.45) is 5.07. The van der Waals surface area contributed by atoms with Crippen LogP contribution < -0.4 is 5.73 Å².